The molecule has 1 aliphatic carbocycles. The van der Waals surface area contributed by atoms with E-state index in [1.165, 1.54) is 12.1 Å². The third kappa shape index (κ3) is 4.08. The van der Waals surface area contributed by atoms with Crippen molar-refractivity contribution in [3.8, 4) is 17.4 Å². The van der Waals surface area contributed by atoms with Crippen molar-refractivity contribution < 1.29 is 22.7 Å². The molecule has 36 heavy (non-hydrogen) atoms. The van der Waals surface area contributed by atoms with Crippen LogP contribution in [0.3, 0.4) is 0 Å². The lowest BCUT2D eigenvalue weighted by Gasteiger charge is -2.26. The molecule has 1 amide bonds. The van der Waals surface area contributed by atoms with Crippen LogP contribution in [-0.2, 0) is 13.6 Å². The summed E-state index contributed by atoms with van der Waals surface area (Å²) in [5.74, 6) is 0.129. The Bertz CT molecular complexity index is 1470. The monoisotopic (exact) mass is 497 g/mol. The van der Waals surface area contributed by atoms with Crippen LogP contribution < -0.4 is 4.74 Å². The summed E-state index contributed by atoms with van der Waals surface area (Å²) in [5, 5.41) is 0.751. The number of hydrogen-bond acceptors (Lipinski definition) is 4. The molecule has 1 saturated heterocycles. The van der Waals surface area contributed by atoms with E-state index in [1.807, 2.05) is 10.6 Å². The van der Waals surface area contributed by atoms with Gasteiger partial charge in [-0.1, -0.05) is 0 Å². The zero-order valence-electron chi connectivity index (χ0n) is 19.9. The van der Waals surface area contributed by atoms with Crippen LogP contribution in [0.1, 0.15) is 42.5 Å². The predicted octanol–water partition coefficient (Wildman–Crippen LogP) is 5.37. The third-order valence-electron chi connectivity index (χ3n) is 7.11. The molecular formula is C26H26F3N5O2. The number of aromatic nitrogens is 4. The van der Waals surface area contributed by atoms with E-state index in [4.69, 9.17) is 4.98 Å². The van der Waals surface area contributed by atoms with Crippen molar-refractivity contribution in [3.63, 3.8) is 0 Å². The zero-order chi connectivity index (χ0) is 25.0. The van der Waals surface area contributed by atoms with Crippen LogP contribution in [0, 0.1) is 11.7 Å². The van der Waals surface area contributed by atoms with Crippen molar-refractivity contribution in [3.05, 3.63) is 41.7 Å². The molecule has 0 N–H and O–H groups in total. The number of piperidine rings is 1. The average molecular weight is 498 g/mol. The largest absolute Gasteiger partial charge is 0.417 e. The Hall–Kier alpha value is -3.56. The number of imidazole rings is 1. The molecule has 3 aromatic heterocycles. The molecular weight excluding hydrogens is 471 g/mol. The minimum Gasteiger partial charge on any atom is -0.417 e. The molecule has 0 bridgehead atoms. The first-order valence-corrected chi connectivity index (χ1v) is 12.3. The number of fused-ring (bicyclic) bond motifs is 2. The number of nitrogens with zero attached hydrogens (tertiary/aromatic N) is 5. The molecule has 0 atom stereocenters. The molecule has 0 unspecified atom stereocenters. The highest BCUT2D eigenvalue weighted by Crippen LogP contribution is 2.37. The van der Waals surface area contributed by atoms with Gasteiger partial charge in [0, 0.05) is 43.7 Å². The van der Waals surface area contributed by atoms with Crippen LogP contribution in [0.5, 0.6) is 5.88 Å². The van der Waals surface area contributed by atoms with Crippen molar-refractivity contribution >= 4 is 28.0 Å². The van der Waals surface area contributed by atoms with Crippen molar-refractivity contribution in [2.75, 3.05) is 13.1 Å². The van der Waals surface area contributed by atoms with Gasteiger partial charge >= 0.3 is 6.61 Å². The van der Waals surface area contributed by atoms with E-state index in [0.29, 0.717) is 59.3 Å². The lowest BCUT2D eigenvalue weighted by atomic mass is 10.1. The molecule has 4 aromatic rings. The summed E-state index contributed by atoms with van der Waals surface area (Å²) in [5.41, 5.74) is 2.22. The van der Waals surface area contributed by atoms with Gasteiger partial charge in [0.15, 0.2) is 5.82 Å². The lowest BCUT2D eigenvalue weighted by Crippen LogP contribution is -2.35. The normalized spacial score (nSPS) is 16.4. The zero-order valence-corrected chi connectivity index (χ0v) is 19.9. The molecule has 1 saturated carbocycles. The number of rotatable bonds is 6. The number of carbonyl (C=O) groups excluding carboxylic acids is 1. The summed E-state index contributed by atoms with van der Waals surface area (Å²) in [6.45, 7) is -0.963. The number of ether oxygens (including phenoxy) is 1. The molecule has 0 spiro atoms. The van der Waals surface area contributed by atoms with E-state index in [-0.39, 0.29) is 11.8 Å². The number of likely N-dealkylation sites (tertiary alicyclic amines) is 1. The van der Waals surface area contributed by atoms with Gasteiger partial charge in [0.05, 0.1) is 11.2 Å². The van der Waals surface area contributed by atoms with E-state index in [9.17, 15) is 13.6 Å². The third-order valence-corrected chi connectivity index (χ3v) is 7.11. The van der Waals surface area contributed by atoms with Gasteiger partial charge in [-0.25, -0.2) is 9.37 Å². The molecule has 4 heterocycles. The first-order valence-electron chi connectivity index (χ1n) is 12.3. The average Bonchev–Trinajstić information content (AvgIpc) is 3.53. The topological polar surface area (TPSA) is 65.2 Å². The summed E-state index contributed by atoms with van der Waals surface area (Å²) in [6, 6.07) is 7.92. The molecule has 6 rings (SSSR count). The Labute approximate surface area is 205 Å². The van der Waals surface area contributed by atoms with Gasteiger partial charge in [-0.15, -0.1) is 0 Å². The van der Waals surface area contributed by atoms with Crippen LogP contribution in [0.25, 0.3) is 33.6 Å². The molecule has 2 aliphatic rings. The molecule has 1 aliphatic heterocycles. The fraction of sp³-hybridized carbons (Fsp3) is 0.423. The van der Waals surface area contributed by atoms with E-state index in [0.717, 1.165) is 37.5 Å². The highest BCUT2D eigenvalue weighted by atomic mass is 19.3. The number of pyridine rings is 1. The van der Waals surface area contributed by atoms with Crippen LogP contribution in [0.15, 0.2) is 30.3 Å². The van der Waals surface area contributed by atoms with Crippen molar-refractivity contribution in [1.82, 2.24) is 24.0 Å². The van der Waals surface area contributed by atoms with E-state index >= 15 is 4.39 Å². The summed E-state index contributed by atoms with van der Waals surface area (Å²) >= 11 is 0. The maximum atomic E-state index is 15.3. The fourth-order valence-corrected chi connectivity index (χ4v) is 5.12. The van der Waals surface area contributed by atoms with E-state index < -0.39 is 12.4 Å². The standard InChI is InChI=1S/C26H26F3N5O2/c1-32-22-18(27)11-17(25(35)33-9-3-2-4-10-33)12-19(22)30-24(32)20-13-16-7-8-21(36-26(28)29)31-23(16)34(20)14-15-5-6-15/h7-8,11-13,15,26H,2-6,9-10,14H2,1H3. The predicted molar refractivity (Wildman–Crippen MR) is 129 cm³/mol. The summed E-state index contributed by atoms with van der Waals surface area (Å²) < 4.78 is 49.0. The number of benzene rings is 1. The number of hydrogen-bond donors (Lipinski definition) is 0. The number of halogens is 3. The number of amides is 1. The van der Waals surface area contributed by atoms with Gasteiger partial charge in [0.25, 0.3) is 5.91 Å². The number of aryl methyl sites for hydroxylation is 1. The van der Waals surface area contributed by atoms with Gasteiger partial charge in [-0.3, -0.25) is 4.79 Å². The minimum atomic E-state index is -2.97. The Balaban J connectivity index is 1.46. The van der Waals surface area contributed by atoms with Gasteiger partial charge in [0.1, 0.15) is 17.0 Å². The van der Waals surface area contributed by atoms with Gasteiger partial charge in [0.2, 0.25) is 5.88 Å². The number of alkyl halides is 2. The molecule has 0 radical (unpaired) electrons. The Kier molecular flexibility index (Phi) is 5.61. The summed E-state index contributed by atoms with van der Waals surface area (Å²) in [6.07, 6.45) is 5.15. The SMILES string of the molecule is Cn1c(-c2cc3ccc(OC(F)F)nc3n2CC2CC2)nc2cc(C(=O)N3CCCCC3)cc(F)c21. The molecule has 2 fully saturated rings. The van der Waals surface area contributed by atoms with Crippen LogP contribution in [0.2, 0.25) is 0 Å². The smallest absolute Gasteiger partial charge is 0.388 e. The second kappa shape index (κ2) is 8.83. The Morgan fingerprint density at radius 1 is 1.11 bits per heavy atom. The van der Waals surface area contributed by atoms with Gasteiger partial charge in [-0.05, 0) is 62.3 Å². The summed E-state index contributed by atoms with van der Waals surface area (Å²) in [4.78, 5) is 23.9. The lowest BCUT2D eigenvalue weighted by molar-refractivity contribution is -0.0526. The Morgan fingerprint density at radius 3 is 2.61 bits per heavy atom. The first-order chi connectivity index (χ1) is 17.4. The van der Waals surface area contributed by atoms with Crippen LogP contribution >= 0.6 is 0 Å². The second-order valence-electron chi connectivity index (χ2n) is 9.70. The second-order valence-corrected chi connectivity index (χ2v) is 9.70. The quantitative estimate of drug-likeness (QED) is 0.360. The highest BCUT2D eigenvalue weighted by molar-refractivity contribution is 5.98. The van der Waals surface area contributed by atoms with Crippen molar-refractivity contribution in [2.45, 2.75) is 45.3 Å². The van der Waals surface area contributed by atoms with Gasteiger partial charge < -0.3 is 18.8 Å². The first kappa shape index (κ1) is 22.9. The minimum absolute atomic E-state index is 0.156. The summed E-state index contributed by atoms with van der Waals surface area (Å²) in [7, 11) is 1.73. The number of carbonyl (C=O) groups is 1. The van der Waals surface area contributed by atoms with Crippen LogP contribution in [0.4, 0.5) is 13.2 Å². The van der Waals surface area contributed by atoms with Crippen molar-refractivity contribution in [1.29, 1.82) is 0 Å². The van der Waals surface area contributed by atoms with E-state index in [2.05, 4.69) is 9.72 Å². The van der Waals surface area contributed by atoms with E-state index in [1.54, 1.807) is 28.6 Å². The van der Waals surface area contributed by atoms with Crippen molar-refractivity contribution in [2.24, 2.45) is 13.0 Å². The fourth-order valence-electron chi connectivity index (χ4n) is 5.12. The maximum Gasteiger partial charge on any atom is 0.388 e. The Morgan fingerprint density at radius 2 is 1.89 bits per heavy atom. The highest BCUT2D eigenvalue weighted by Gasteiger charge is 2.27. The van der Waals surface area contributed by atoms with Crippen LogP contribution in [-0.4, -0.2) is 49.6 Å². The molecule has 10 heteroatoms. The maximum absolute atomic E-state index is 15.3. The van der Waals surface area contributed by atoms with Gasteiger partial charge in [-0.2, -0.15) is 13.8 Å². The molecule has 188 valence electrons. The molecule has 7 nitrogen and oxygen atoms in total. The molecule has 1 aromatic carbocycles.